The lowest BCUT2D eigenvalue weighted by Gasteiger charge is -2.13. The quantitative estimate of drug-likeness (QED) is 0.876. The van der Waals surface area contributed by atoms with Gasteiger partial charge in [0.05, 0.1) is 18.6 Å². The Hall–Kier alpha value is -1.43. The van der Waals surface area contributed by atoms with Gasteiger partial charge < -0.3 is 9.84 Å². The highest BCUT2D eigenvalue weighted by atomic mass is 32.2. The molecule has 0 spiro atoms. The van der Waals surface area contributed by atoms with Crippen molar-refractivity contribution in [2.45, 2.75) is 31.8 Å². The van der Waals surface area contributed by atoms with Crippen LogP contribution in [-0.2, 0) is 21.3 Å². The molecule has 1 rings (SSSR count). The molecule has 0 saturated carbocycles. The van der Waals surface area contributed by atoms with Crippen molar-refractivity contribution in [3.63, 3.8) is 0 Å². The van der Waals surface area contributed by atoms with Crippen molar-refractivity contribution in [3.8, 4) is 5.75 Å². The van der Waals surface area contributed by atoms with Crippen LogP contribution in [0.4, 0.5) is 0 Å². The van der Waals surface area contributed by atoms with Crippen molar-refractivity contribution >= 4 is 16.8 Å². The van der Waals surface area contributed by atoms with Gasteiger partial charge in [-0.25, -0.2) is 0 Å². The fourth-order valence-electron chi connectivity index (χ4n) is 1.59. The number of carboxylic acids is 1. The molecular formula is C12H17NO4S. The highest BCUT2D eigenvalue weighted by Gasteiger charge is 2.21. The summed E-state index contributed by atoms with van der Waals surface area (Å²) in [6.45, 7) is 5.13. The number of hydrogen-bond acceptors (Lipinski definition) is 4. The fourth-order valence-corrected chi connectivity index (χ4v) is 2.62. The summed E-state index contributed by atoms with van der Waals surface area (Å²) in [5.74, 6) is -0.235. The van der Waals surface area contributed by atoms with Gasteiger partial charge in [0, 0.05) is 28.1 Å². The Kier molecular flexibility index (Phi) is 4.84. The molecule has 0 aliphatic rings. The van der Waals surface area contributed by atoms with Crippen LogP contribution in [0.15, 0.2) is 6.20 Å². The molecule has 1 N–H and O–H groups in total. The van der Waals surface area contributed by atoms with Crippen LogP contribution >= 0.6 is 0 Å². The Morgan fingerprint density at radius 3 is 2.67 bits per heavy atom. The summed E-state index contributed by atoms with van der Waals surface area (Å²) < 4.78 is 17.1. The van der Waals surface area contributed by atoms with Crippen molar-refractivity contribution in [2.75, 3.05) is 7.11 Å². The molecule has 0 aliphatic heterocycles. The lowest BCUT2D eigenvalue weighted by Crippen LogP contribution is -2.23. The van der Waals surface area contributed by atoms with Crippen LogP contribution in [0.5, 0.6) is 5.75 Å². The van der Waals surface area contributed by atoms with E-state index in [9.17, 15) is 9.00 Å². The third-order valence-electron chi connectivity index (χ3n) is 2.77. The zero-order valence-corrected chi connectivity index (χ0v) is 11.7. The molecule has 0 radical (unpaired) electrons. The van der Waals surface area contributed by atoms with Crippen molar-refractivity contribution in [2.24, 2.45) is 0 Å². The summed E-state index contributed by atoms with van der Waals surface area (Å²) in [5, 5.41) is 7.90. The van der Waals surface area contributed by atoms with Crippen LogP contribution in [0.3, 0.4) is 0 Å². The monoisotopic (exact) mass is 271 g/mol. The summed E-state index contributed by atoms with van der Waals surface area (Å²) in [5.41, 5.74) is 2.32. The van der Waals surface area contributed by atoms with E-state index >= 15 is 0 Å². The van der Waals surface area contributed by atoms with Crippen molar-refractivity contribution in [3.05, 3.63) is 23.0 Å². The molecule has 0 saturated heterocycles. The summed E-state index contributed by atoms with van der Waals surface area (Å²) in [6.07, 6.45) is 1.64. The fraction of sp³-hybridized carbons (Fsp3) is 0.500. The number of rotatable bonds is 5. The number of aliphatic carboxylic acids is 1. The van der Waals surface area contributed by atoms with E-state index in [0.717, 1.165) is 11.1 Å². The smallest absolute Gasteiger partial charge is 0.318 e. The van der Waals surface area contributed by atoms with Gasteiger partial charge in [-0.05, 0) is 20.8 Å². The van der Waals surface area contributed by atoms with Gasteiger partial charge in [0.25, 0.3) is 0 Å². The van der Waals surface area contributed by atoms with Gasteiger partial charge in [-0.15, -0.1) is 0 Å². The minimum absolute atomic E-state index is 0.121. The maximum atomic E-state index is 11.8. The van der Waals surface area contributed by atoms with Crippen molar-refractivity contribution in [1.29, 1.82) is 0 Å². The molecule has 0 aliphatic carbocycles. The van der Waals surface area contributed by atoms with E-state index in [1.807, 2.05) is 13.8 Å². The number of ether oxygens (including phenoxy) is 1. The molecule has 1 aromatic rings. The van der Waals surface area contributed by atoms with Gasteiger partial charge in [-0.1, -0.05) is 0 Å². The second kappa shape index (κ2) is 5.95. The first-order valence-electron chi connectivity index (χ1n) is 5.47. The Balaban J connectivity index is 2.99. The normalized spacial score (nSPS) is 14.0. The highest BCUT2D eigenvalue weighted by molar-refractivity contribution is 7.85. The van der Waals surface area contributed by atoms with Gasteiger partial charge in [0.1, 0.15) is 11.0 Å². The molecule has 0 aromatic carbocycles. The van der Waals surface area contributed by atoms with Crippen molar-refractivity contribution < 1.29 is 18.8 Å². The van der Waals surface area contributed by atoms with E-state index < -0.39 is 22.0 Å². The number of hydrogen-bond donors (Lipinski definition) is 1. The molecule has 0 bridgehead atoms. The largest absolute Gasteiger partial charge is 0.496 e. The van der Waals surface area contributed by atoms with E-state index in [4.69, 9.17) is 9.84 Å². The van der Waals surface area contributed by atoms with Crippen LogP contribution in [0.1, 0.15) is 23.7 Å². The lowest BCUT2D eigenvalue weighted by atomic mass is 10.1. The molecule has 18 heavy (non-hydrogen) atoms. The number of methoxy groups -OCH3 is 1. The van der Waals surface area contributed by atoms with Crippen LogP contribution in [0.2, 0.25) is 0 Å². The standard InChI is InChI=1S/C12H17NO4S/c1-7-5-13-10(8(2)11(7)17-4)6-18(16)9(3)12(14)15/h5,9H,6H2,1-4H3,(H,14,15). The molecule has 2 atom stereocenters. The van der Waals surface area contributed by atoms with E-state index in [1.54, 1.807) is 13.3 Å². The number of aromatic nitrogens is 1. The molecule has 1 heterocycles. The van der Waals surface area contributed by atoms with Gasteiger partial charge in [0.2, 0.25) is 0 Å². The Labute approximate surface area is 109 Å². The van der Waals surface area contributed by atoms with E-state index in [2.05, 4.69) is 4.98 Å². The number of nitrogens with zero attached hydrogens (tertiary/aromatic N) is 1. The van der Waals surface area contributed by atoms with Crippen LogP contribution in [0.25, 0.3) is 0 Å². The van der Waals surface area contributed by atoms with Gasteiger partial charge in [0.15, 0.2) is 0 Å². The van der Waals surface area contributed by atoms with Crippen LogP contribution < -0.4 is 4.74 Å². The summed E-state index contributed by atoms with van der Waals surface area (Å²) in [7, 11) is 0.0748. The number of pyridine rings is 1. The molecule has 1 aromatic heterocycles. The first kappa shape index (κ1) is 14.6. The molecule has 5 nitrogen and oxygen atoms in total. The van der Waals surface area contributed by atoms with Gasteiger partial charge >= 0.3 is 5.97 Å². The molecule has 100 valence electrons. The number of carbonyl (C=O) groups is 1. The van der Waals surface area contributed by atoms with E-state index in [0.29, 0.717) is 11.4 Å². The van der Waals surface area contributed by atoms with Gasteiger partial charge in [-0.3, -0.25) is 14.0 Å². The maximum absolute atomic E-state index is 11.8. The zero-order chi connectivity index (χ0) is 13.9. The van der Waals surface area contributed by atoms with Crippen LogP contribution in [0, 0.1) is 13.8 Å². The minimum atomic E-state index is -1.49. The van der Waals surface area contributed by atoms with E-state index in [-0.39, 0.29) is 5.75 Å². The Morgan fingerprint density at radius 2 is 2.17 bits per heavy atom. The third-order valence-corrected chi connectivity index (χ3v) is 4.32. The predicted molar refractivity (Wildman–Crippen MR) is 69.2 cm³/mol. The lowest BCUT2D eigenvalue weighted by molar-refractivity contribution is -0.136. The Bertz CT molecular complexity index is 487. The maximum Gasteiger partial charge on any atom is 0.318 e. The summed E-state index contributed by atoms with van der Waals surface area (Å²) >= 11 is 0. The van der Waals surface area contributed by atoms with Gasteiger partial charge in [-0.2, -0.15) is 0 Å². The summed E-state index contributed by atoms with van der Waals surface area (Å²) in [6, 6.07) is 0. The first-order chi connectivity index (χ1) is 8.38. The second-order valence-corrected chi connectivity index (χ2v) is 5.81. The second-order valence-electron chi connectivity index (χ2n) is 4.05. The number of carboxylic acid groups (broad SMARTS) is 1. The molecule has 6 heteroatoms. The Morgan fingerprint density at radius 1 is 1.56 bits per heavy atom. The minimum Gasteiger partial charge on any atom is -0.496 e. The van der Waals surface area contributed by atoms with Crippen LogP contribution in [-0.4, -0.2) is 32.6 Å². The molecule has 0 fully saturated rings. The first-order valence-corrected chi connectivity index (χ1v) is 6.85. The SMILES string of the molecule is COc1c(C)cnc(CS(=O)C(C)C(=O)O)c1C. The predicted octanol–water partition coefficient (Wildman–Crippen LogP) is 1.43. The highest BCUT2D eigenvalue weighted by Crippen LogP contribution is 2.25. The average Bonchev–Trinajstić information content (AvgIpc) is 2.32. The average molecular weight is 271 g/mol. The third kappa shape index (κ3) is 3.07. The molecular weight excluding hydrogens is 254 g/mol. The molecule has 0 amide bonds. The molecule has 2 unspecified atom stereocenters. The van der Waals surface area contributed by atoms with E-state index in [1.165, 1.54) is 6.92 Å². The van der Waals surface area contributed by atoms with Crippen molar-refractivity contribution in [1.82, 2.24) is 4.98 Å². The number of aryl methyl sites for hydroxylation is 1. The summed E-state index contributed by atoms with van der Waals surface area (Å²) in [4.78, 5) is 15.0. The topological polar surface area (TPSA) is 76.5 Å². The zero-order valence-electron chi connectivity index (χ0n) is 10.9.